The molecule has 0 bridgehead atoms. The van der Waals surface area contributed by atoms with Gasteiger partial charge in [-0.25, -0.2) is 9.97 Å². The summed E-state index contributed by atoms with van der Waals surface area (Å²) in [4.78, 5) is 10.7. The molecule has 3 heterocycles. The SMILES string of the molecule is CC1(C)c2ccccc2-c2cc3c4ccccc4n(-c4nc(-c5ccc6oc7cc8ccccc8cc7c6c5)c5ccccc5n4)c3cc21. The Labute approximate surface area is 281 Å². The Hall–Kier alpha value is -6.26. The Morgan fingerprint density at radius 1 is 0.510 bits per heavy atom. The summed E-state index contributed by atoms with van der Waals surface area (Å²) in [5, 5.41) is 7.97. The van der Waals surface area contributed by atoms with E-state index in [-0.39, 0.29) is 5.41 Å². The molecule has 11 rings (SSSR count). The molecule has 0 unspecified atom stereocenters. The van der Waals surface area contributed by atoms with Gasteiger partial charge in [0, 0.05) is 37.9 Å². The number of hydrogen-bond donors (Lipinski definition) is 0. The summed E-state index contributed by atoms with van der Waals surface area (Å²) in [6, 6.07) is 49.8. The van der Waals surface area contributed by atoms with Gasteiger partial charge in [0.05, 0.1) is 22.2 Å². The molecule has 0 atom stereocenters. The molecule has 0 radical (unpaired) electrons. The molecule has 0 fully saturated rings. The molecular formula is C45H29N3O. The molecule has 0 saturated carbocycles. The number of fused-ring (bicyclic) bond motifs is 11. The summed E-state index contributed by atoms with van der Waals surface area (Å²) < 4.78 is 8.62. The van der Waals surface area contributed by atoms with E-state index in [0.717, 1.165) is 55.1 Å². The van der Waals surface area contributed by atoms with Gasteiger partial charge in [-0.3, -0.25) is 4.57 Å². The molecule has 3 aromatic heterocycles. The van der Waals surface area contributed by atoms with Crippen LogP contribution in [-0.4, -0.2) is 14.5 Å². The Bertz CT molecular complexity index is 3030. The van der Waals surface area contributed by atoms with E-state index in [1.807, 2.05) is 0 Å². The maximum Gasteiger partial charge on any atom is 0.235 e. The van der Waals surface area contributed by atoms with E-state index >= 15 is 0 Å². The van der Waals surface area contributed by atoms with Crippen LogP contribution in [0.5, 0.6) is 0 Å². The van der Waals surface area contributed by atoms with E-state index in [1.165, 1.54) is 43.8 Å². The zero-order chi connectivity index (χ0) is 32.4. The van der Waals surface area contributed by atoms with Crippen molar-refractivity contribution in [2.24, 2.45) is 0 Å². The second-order valence-electron chi connectivity index (χ2n) is 13.8. The number of benzene rings is 7. The van der Waals surface area contributed by atoms with Crippen molar-refractivity contribution in [3.63, 3.8) is 0 Å². The van der Waals surface area contributed by atoms with E-state index in [4.69, 9.17) is 14.4 Å². The minimum absolute atomic E-state index is 0.120. The fourth-order valence-electron chi connectivity index (χ4n) is 8.37. The number of furan rings is 1. The van der Waals surface area contributed by atoms with Gasteiger partial charge in [-0.1, -0.05) is 98.8 Å². The highest BCUT2D eigenvalue weighted by Gasteiger charge is 2.36. The van der Waals surface area contributed by atoms with Gasteiger partial charge in [-0.05, 0) is 87.6 Å². The normalized spacial score (nSPS) is 13.7. The van der Waals surface area contributed by atoms with Gasteiger partial charge >= 0.3 is 0 Å². The lowest BCUT2D eigenvalue weighted by Crippen LogP contribution is -2.15. The van der Waals surface area contributed by atoms with Crippen molar-refractivity contribution in [2.75, 3.05) is 0 Å². The number of para-hydroxylation sites is 2. The molecule has 0 aliphatic heterocycles. The molecule has 0 saturated heterocycles. The van der Waals surface area contributed by atoms with Gasteiger partial charge in [0.15, 0.2) is 0 Å². The second kappa shape index (κ2) is 9.42. The fourth-order valence-corrected chi connectivity index (χ4v) is 8.37. The van der Waals surface area contributed by atoms with E-state index in [1.54, 1.807) is 0 Å². The van der Waals surface area contributed by atoms with Crippen LogP contribution in [0, 0.1) is 0 Å². The van der Waals surface area contributed by atoms with Crippen molar-refractivity contribution >= 4 is 65.4 Å². The van der Waals surface area contributed by atoms with E-state index < -0.39 is 0 Å². The van der Waals surface area contributed by atoms with Crippen molar-refractivity contribution < 1.29 is 4.42 Å². The lowest BCUT2D eigenvalue weighted by atomic mass is 9.82. The lowest BCUT2D eigenvalue weighted by Gasteiger charge is -2.21. The summed E-state index contributed by atoms with van der Waals surface area (Å²) in [7, 11) is 0. The average Bonchev–Trinajstić information content (AvgIpc) is 3.74. The van der Waals surface area contributed by atoms with Crippen molar-refractivity contribution in [3.8, 4) is 28.3 Å². The smallest absolute Gasteiger partial charge is 0.235 e. The second-order valence-corrected chi connectivity index (χ2v) is 13.8. The van der Waals surface area contributed by atoms with Gasteiger partial charge in [0.1, 0.15) is 11.2 Å². The quantitative estimate of drug-likeness (QED) is 0.192. The van der Waals surface area contributed by atoms with Crippen molar-refractivity contribution in [1.82, 2.24) is 14.5 Å². The van der Waals surface area contributed by atoms with Crippen LogP contribution >= 0.6 is 0 Å². The Morgan fingerprint density at radius 3 is 2.14 bits per heavy atom. The molecule has 0 spiro atoms. The fraction of sp³-hybridized carbons (Fsp3) is 0.0667. The third kappa shape index (κ3) is 3.63. The van der Waals surface area contributed by atoms with Crippen LogP contribution in [0.15, 0.2) is 144 Å². The first-order valence-electron chi connectivity index (χ1n) is 16.8. The van der Waals surface area contributed by atoms with E-state index in [9.17, 15) is 0 Å². The first-order chi connectivity index (χ1) is 24.0. The zero-order valence-corrected chi connectivity index (χ0v) is 27.0. The molecule has 7 aromatic carbocycles. The largest absolute Gasteiger partial charge is 0.456 e. The van der Waals surface area contributed by atoms with Crippen LogP contribution in [0.3, 0.4) is 0 Å². The van der Waals surface area contributed by atoms with Crippen LogP contribution in [0.4, 0.5) is 0 Å². The van der Waals surface area contributed by atoms with Crippen molar-refractivity contribution in [3.05, 3.63) is 151 Å². The third-order valence-corrected chi connectivity index (χ3v) is 10.8. The standard InChI is InChI=1S/C45H29N3O/c1-45(2)36-16-8-5-13-29(36)32-24-33-30-14-7-10-18-39(30)48(40(33)25-37(32)45)44-46-38-17-9-6-15-31(38)43(47-44)28-19-20-41-34(22-28)35-21-26-11-3-4-12-27(26)23-42(35)49-41/h3-25H,1-2H3. The summed E-state index contributed by atoms with van der Waals surface area (Å²) >= 11 is 0. The number of nitrogens with zero attached hydrogens (tertiary/aromatic N) is 3. The van der Waals surface area contributed by atoms with Gasteiger partial charge in [-0.15, -0.1) is 0 Å². The lowest BCUT2D eigenvalue weighted by molar-refractivity contribution is 0.661. The van der Waals surface area contributed by atoms with Gasteiger partial charge in [0.2, 0.25) is 5.95 Å². The predicted molar refractivity (Wildman–Crippen MR) is 202 cm³/mol. The summed E-state index contributed by atoms with van der Waals surface area (Å²) in [5.41, 5.74) is 12.0. The molecule has 4 heteroatoms. The third-order valence-electron chi connectivity index (χ3n) is 10.8. The Balaban J connectivity index is 1.19. The maximum absolute atomic E-state index is 6.36. The number of rotatable bonds is 2. The highest BCUT2D eigenvalue weighted by atomic mass is 16.3. The summed E-state index contributed by atoms with van der Waals surface area (Å²) in [5.74, 6) is 0.663. The van der Waals surface area contributed by atoms with Gasteiger partial charge in [-0.2, -0.15) is 0 Å². The predicted octanol–water partition coefficient (Wildman–Crippen LogP) is 11.8. The molecule has 49 heavy (non-hydrogen) atoms. The minimum atomic E-state index is -0.120. The zero-order valence-electron chi connectivity index (χ0n) is 27.0. The average molecular weight is 628 g/mol. The molecule has 1 aliphatic carbocycles. The summed E-state index contributed by atoms with van der Waals surface area (Å²) in [6.45, 7) is 4.67. The molecular weight excluding hydrogens is 599 g/mol. The molecule has 4 nitrogen and oxygen atoms in total. The van der Waals surface area contributed by atoms with E-state index in [0.29, 0.717) is 5.95 Å². The van der Waals surface area contributed by atoms with Crippen molar-refractivity contribution in [1.29, 1.82) is 0 Å². The first kappa shape index (κ1) is 26.8. The first-order valence-corrected chi connectivity index (χ1v) is 16.8. The van der Waals surface area contributed by atoms with Gasteiger partial charge < -0.3 is 4.42 Å². The van der Waals surface area contributed by atoms with Crippen LogP contribution in [-0.2, 0) is 5.41 Å². The molecule has 1 aliphatic rings. The van der Waals surface area contributed by atoms with Gasteiger partial charge in [0.25, 0.3) is 0 Å². The molecule has 10 aromatic rings. The molecule has 230 valence electrons. The maximum atomic E-state index is 6.36. The van der Waals surface area contributed by atoms with Crippen LogP contribution in [0.2, 0.25) is 0 Å². The van der Waals surface area contributed by atoms with Crippen LogP contribution < -0.4 is 0 Å². The monoisotopic (exact) mass is 627 g/mol. The molecule has 0 amide bonds. The minimum Gasteiger partial charge on any atom is -0.456 e. The molecule has 0 N–H and O–H groups in total. The van der Waals surface area contributed by atoms with Crippen molar-refractivity contribution in [2.45, 2.75) is 19.3 Å². The highest BCUT2D eigenvalue weighted by Crippen LogP contribution is 2.51. The Morgan fingerprint density at radius 2 is 1.24 bits per heavy atom. The topological polar surface area (TPSA) is 43.9 Å². The van der Waals surface area contributed by atoms with Crippen LogP contribution in [0.1, 0.15) is 25.0 Å². The van der Waals surface area contributed by atoms with Crippen LogP contribution in [0.25, 0.3) is 93.8 Å². The highest BCUT2D eigenvalue weighted by molar-refractivity contribution is 6.13. The Kier molecular flexibility index (Phi) is 5.15. The number of hydrogen-bond acceptors (Lipinski definition) is 3. The van der Waals surface area contributed by atoms with E-state index in [2.05, 4.69) is 158 Å². The summed E-state index contributed by atoms with van der Waals surface area (Å²) in [6.07, 6.45) is 0. The number of aromatic nitrogens is 3.